The fourth-order valence-corrected chi connectivity index (χ4v) is 3.21. The second-order valence-electron chi connectivity index (χ2n) is 6.04. The Bertz CT molecular complexity index is 569. The van der Waals surface area contributed by atoms with Gasteiger partial charge in [-0.1, -0.05) is 18.2 Å². The van der Waals surface area contributed by atoms with Gasteiger partial charge in [0.25, 0.3) is 0 Å². The van der Waals surface area contributed by atoms with Crippen LogP contribution in [-0.4, -0.2) is 62.5 Å². The first-order chi connectivity index (χ1) is 11.3. The summed E-state index contributed by atoms with van der Waals surface area (Å²) in [4.78, 5) is 28.5. The number of hydrogen-bond acceptors (Lipinski definition) is 4. The van der Waals surface area contributed by atoms with Crippen LogP contribution >= 0.6 is 0 Å². The average molecular weight is 316 g/mol. The molecule has 0 atom stereocenters. The summed E-state index contributed by atoms with van der Waals surface area (Å²) in [6.45, 7) is 5.86. The van der Waals surface area contributed by atoms with Crippen LogP contribution < -0.4 is 15.5 Å². The number of rotatable bonds is 3. The van der Waals surface area contributed by atoms with Gasteiger partial charge >= 0.3 is 11.8 Å². The third kappa shape index (κ3) is 3.89. The van der Waals surface area contributed by atoms with E-state index in [9.17, 15) is 9.59 Å². The Morgan fingerprint density at radius 2 is 1.91 bits per heavy atom. The van der Waals surface area contributed by atoms with Crippen LogP contribution in [0.1, 0.15) is 12.0 Å². The molecular formula is C17H24N4O2. The zero-order valence-corrected chi connectivity index (χ0v) is 13.4. The van der Waals surface area contributed by atoms with Crippen LogP contribution in [-0.2, 0) is 16.0 Å². The summed E-state index contributed by atoms with van der Waals surface area (Å²) in [5, 5.41) is 6.06. The lowest BCUT2D eigenvalue weighted by molar-refractivity contribution is -0.137. The van der Waals surface area contributed by atoms with Crippen molar-refractivity contribution in [1.82, 2.24) is 15.5 Å². The maximum atomic E-state index is 12.4. The molecule has 2 aliphatic rings. The van der Waals surface area contributed by atoms with Crippen LogP contribution in [0.3, 0.4) is 0 Å². The fraction of sp³-hybridized carbons (Fsp3) is 0.529. The van der Waals surface area contributed by atoms with Gasteiger partial charge in [-0.15, -0.1) is 0 Å². The van der Waals surface area contributed by atoms with E-state index in [0.717, 1.165) is 56.8 Å². The Kier molecular flexibility index (Phi) is 5.25. The van der Waals surface area contributed by atoms with Gasteiger partial charge in [-0.05, 0) is 24.5 Å². The van der Waals surface area contributed by atoms with Gasteiger partial charge in [-0.3, -0.25) is 14.5 Å². The molecule has 23 heavy (non-hydrogen) atoms. The van der Waals surface area contributed by atoms with Crippen molar-refractivity contribution in [2.75, 3.05) is 50.7 Å². The van der Waals surface area contributed by atoms with E-state index in [0.29, 0.717) is 13.1 Å². The quantitative estimate of drug-likeness (QED) is 0.770. The smallest absolute Gasteiger partial charge is 0.316 e. The van der Waals surface area contributed by atoms with Gasteiger partial charge in [0.1, 0.15) is 0 Å². The SMILES string of the molecule is O=C(NCCN1CCNCC1)C(=O)N1CCCc2ccccc21. The Balaban J connectivity index is 1.52. The fourth-order valence-electron chi connectivity index (χ4n) is 3.21. The van der Waals surface area contributed by atoms with Gasteiger partial charge in [0.15, 0.2) is 0 Å². The van der Waals surface area contributed by atoms with Crippen LogP contribution in [0.15, 0.2) is 24.3 Å². The number of nitrogens with zero attached hydrogens (tertiary/aromatic N) is 2. The summed E-state index contributed by atoms with van der Waals surface area (Å²) in [6.07, 6.45) is 1.86. The summed E-state index contributed by atoms with van der Waals surface area (Å²) in [7, 11) is 0. The molecular weight excluding hydrogens is 292 g/mol. The number of aryl methyl sites for hydroxylation is 1. The van der Waals surface area contributed by atoms with E-state index < -0.39 is 11.8 Å². The molecule has 6 heteroatoms. The Morgan fingerprint density at radius 3 is 2.74 bits per heavy atom. The number of carbonyl (C=O) groups excluding carboxylic acids is 2. The highest BCUT2D eigenvalue weighted by Crippen LogP contribution is 2.26. The zero-order valence-electron chi connectivity index (χ0n) is 13.4. The lowest BCUT2D eigenvalue weighted by Gasteiger charge is -2.29. The Morgan fingerprint density at radius 1 is 1.13 bits per heavy atom. The number of amides is 2. The Hall–Kier alpha value is -1.92. The molecule has 6 nitrogen and oxygen atoms in total. The van der Waals surface area contributed by atoms with Crippen LogP contribution in [0.2, 0.25) is 0 Å². The molecule has 0 saturated carbocycles. The molecule has 0 aromatic heterocycles. The Labute approximate surface area is 136 Å². The molecule has 1 aromatic rings. The van der Waals surface area contributed by atoms with Crippen LogP contribution in [0, 0.1) is 0 Å². The topological polar surface area (TPSA) is 64.7 Å². The number of benzene rings is 1. The number of fused-ring (bicyclic) bond motifs is 1. The molecule has 2 aliphatic heterocycles. The molecule has 2 amide bonds. The lowest BCUT2D eigenvalue weighted by Crippen LogP contribution is -2.49. The van der Waals surface area contributed by atoms with E-state index in [1.54, 1.807) is 4.90 Å². The van der Waals surface area contributed by atoms with Crippen molar-refractivity contribution in [2.24, 2.45) is 0 Å². The van der Waals surface area contributed by atoms with E-state index in [1.807, 2.05) is 24.3 Å². The molecule has 1 fully saturated rings. The van der Waals surface area contributed by atoms with E-state index >= 15 is 0 Å². The van der Waals surface area contributed by atoms with Crippen LogP contribution in [0.5, 0.6) is 0 Å². The van der Waals surface area contributed by atoms with Crippen molar-refractivity contribution < 1.29 is 9.59 Å². The van der Waals surface area contributed by atoms with E-state index in [-0.39, 0.29) is 0 Å². The first-order valence-corrected chi connectivity index (χ1v) is 8.36. The molecule has 2 N–H and O–H groups in total. The van der Waals surface area contributed by atoms with Crippen molar-refractivity contribution in [2.45, 2.75) is 12.8 Å². The molecule has 124 valence electrons. The third-order valence-corrected chi connectivity index (χ3v) is 4.47. The molecule has 1 aromatic carbocycles. The van der Waals surface area contributed by atoms with Crippen LogP contribution in [0.4, 0.5) is 5.69 Å². The summed E-state index contributed by atoms with van der Waals surface area (Å²) in [5.41, 5.74) is 2.02. The average Bonchev–Trinajstić information content (AvgIpc) is 2.61. The van der Waals surface area contributed by atoms with Crippen molar-refractivity contribution in [3.63, 3.8) is 0 Å². The zero-order chi connectivity index (χ0) is 16.1. The number of piperazine rings is 1. The number of anilines is 1. The van der Waals surface area contributed by atoms with Gasteiger partial charge in [-0.2, -0.15) is 0 Å². The largest absolute Gasteiger partial charge is 0.347 e. The van der Waals surface area contributed by atoms with Gasteiger partial charge in [0.2, 0.25) is 0 Å². The molecule has 0 bridgehead atoms. The lowest BCUT2D eigenvalue weighted by atomic mass is 10.0. The minimum atomic E-state index is -0.503. The molecule has 0 spiro atoms. The summed E-state index contributed by atoms with van der Waals surface area (Å²) in [5.74, 6) is -0.950. The van der Waals surface area contributed by atoms with Crippen molar-refractivity contribution >= 4 is 17.5 Å². The first kappa shape index (κ1) is 16.0. The van der Waals surface area contributed by atoms with Gasteiger partial charge in [-0.25, -0.2) is 0 Å². The highest BCUT2D eigenvalue weighted by molar-refractivity contribution is 6.40. The maximum absolute atomic E-state index is 12.4. The first-order valence-electron chi connectivity index (χ1n) is 8.36. The van der Waals surface area contributed by atoms with Crippen LogP contribution in [0.25, 0.3) is 0 Å². The maximum Gasteiger partial charge on any atom is 0.316 e. The normalized spacial score (nSPS) is 18.3. The molecule has 3 rings (SSSR count). The summed E-state index contributed by atoms with van der Waals surface area (Å²) < 4.78 is 0. The van der Waals surface area contributed by atoms with Crippen molar-refractivity contribution in [1.29, 1.82) is 0 Å². The molecule has 0 radical (unpaired) electrons. The molecule has 2 heterocycles. The van der Waals surface area contributed by atoms with E-state index in [4.69, 9.17) is 0 Å². The minimum absolute atomic E-state index is 0.447. The number of para-hydroxylation sites is 1. The second-order valence-corrected chi connectivity index (χ2v) is 6.04. The molecule has 0 aliphatic carbocycles. The number of nitrogens with one attached hydrogen (secondary N) is 2. The number of carbonyl (C=O) groups is 2. The van der Waals surface area contributed by atoms with E-state index in [2.05, 4.69) is 15.5 Å². The van der Waals surface area contributed by atoms with Gasteiger partial charge in [0, 0.05) is 51.5 Å². The predicted octanol–water partition coefficient (Wildman–Crippen LogP) is -0.0128. The third-order valence-electron chi connectivity index (χ3n) is 4.47. The highest BCUT2D eigenvalue weighted by Gasteiger charge is 2.27. The van der Waals surface area contributed by atoms with Gasteiger partial charge < -0.3 is 15.5 Å². The van der Waals surface area contributed by atoms with E-state index in [1.165, 1.54) is 0 Å². The highest BCUT2D eigenvalue weighted by atomic mass is 16.2. The molecule has 0 unspecified atom stereocenters. The monoisotopic (exact) mass is 316 g/mol. The predicted molar refractivity (Wildman–Crippen MR) is 89.4 cm³/mol. The molecule has 1 saturated heterocycles. The summed E-state index contributed by atoms with van der Waals surface area (Å²) >= 11 is 0. The second kappa shape index (κ2) is 7.57. The van der Waals surface area contributed by atoms with Gasteiger partial charge in [0.05, 0.1) is 0 Å². The standard InChI is InChI=1S/C17H24N4O2/c22-16(19-9-13-20-11-7-18-8-12-20)17(23)21-10-3-5-14-4-1-2-6-15(14)21/h1-2,4,6,18H,3,5,7-13H2,(H,19,22). The summed E-state index contributed by atoms with van der Waals surface area (Å²) in [6, 6.07) is 7.82. The van der Waals surface area contributed by atoms with Crippen molar-refractivity contribution in [3.05, 3.63) is 29.8 Å². The minimum Gasteiger partial charge on any atom is -0.347 e. The number of hydrogen-bond donors (Lipinski definition) is 2. The van der Waals surface area contributed by atoms with Crippen molar-refractivity contribution in [3.8, 4) is 0 Å².